The minimum absolute atomic E-state index is 0.0208. The average Bonchev–Trinajstić information content (AvgIpc) is 2.92. The first-order chi connectivity index (χ1) is 19.4. The van der Waals surface area contributed by atoms with Gasteiger partial charge in [0.2, 0.25) is 0 Å². The molecule has 9 nitrogen and oxygen atoms in total. The lowest BCUT2D eigenvalue weighted by molar-refractivity contribution is -0.902. The van der Waals surface area contributed by atoms with E-state index in [4.69, 9.17) is 19.5 Å². The zero-order chi connectivity index (χ0) is 31.0. The third kappa shape index (κ3) is 23.3. The van der Waals surface area contributed by atoms with Crippen LogP contribution in [0, 0.1) is 0 Å². The Labute approximate surface area is 250 Å². The van der Waals surface area contributed by atoms with E-state index in [0.29, 0.717) is 0 Å². The van der Waals surface area contributed by atoms with E-state index in [1.54, 1.807) is 14.1 Å². The van der Waals surface area contributed by atoms with Gasteiger partial charge in [-0.1, -0.05) is 89.7 Å². The number of esters is 1. The zero-order valence-corrected chi connectivity index (χ0v) is 27.4. The Bertz CT molecular complexity index is 716. The molecule has 0 amide bonds. The van der Waals surface area contributed by atoms with Crippen LogP contribution in [0.5, 0.6) is 0 Å². The number of unbranched alkanes of at least 4 members (excludes halogenated alkanes) is 14. The highest BCUT2D eigenvalue weighted by Gasteiger charge is 2.34. The summed E-state index contributed by atoms with van der Waals surface area (Å²) in [6, 6.07) is 0. The molecule has 0 radical (unpaired) electrons. The predicted molar refractivity (Wildman–Crippen MR) is 163 cm³/mol. The van der Waals surface area contributed by atoms with Crippen LogP contribution in [0.2, 0.25) is 0 Å². The summed E-state index contributed by atoms with van der Waals surface area (Å²) in [6.07, 6.45) is 21.7. The van der Waals surface area contributed by atoms with E-state index in [9.17, 15) is 19.4 Å². The molecule has 0 saturated heterocycles. The highest BCUT2D eigenvalue weighted by molar-refractivity contribution is 7.51. The van der Waals surface area contributed by atoms with Gasteiger partial charge in [0.05, 0.1) is 27.2 Å². The molecule has 0 fully saturated rings. The quantitative estimate of drug-likeness (QED) is 0.0254. The normalized spacial score (nSPS) is 15.3. The average molecular weight is 608 g/mol. The summed E-state index contributed by atoms with van der Waals surface area (Å²) in [7, 11) is -1.06. The molecule has 3 N–H and O–H groups in total. The molecule has 0 aliphatic carbocycles. The maximum Gasteiger partial charge on any atom is 0.305 e. The van der Waals surface area contributed by atoms with Gasteiger partial charge in [-0.3, -0.25) is 4.79 Å². The molecule has 3 atom stereocenters. The Hall–Kier alpha value is -0.800. The van der Waals surface area contributed by atoms with Crippen molar-refractivity contribution in [3.05, 3.63) is 12.2 Å². The molecule has 0 aliphatic heterocycles. The van der Waals surface area contributed by atoms with Crippen LogP contribution in [0.25, 0.3) is 0 Å². The molecular weight excluding hydrogens is 545 g/mol. The van der Waals surface area contributed by atoms with Gasteiger partial charge in [-0.2, -0.15) is 0 Å². The molecule has 0 heterocycles. The topological polar surface area (TPSA) is 136 Å². The minimum Gasteiger partial charge on any atom is -0.774 e. The van der Waals surface area contributed by atoms with Crippen molar-refractivity contribution in [2.45, 2.75) is 148 Å². The Kier molecular flexibility index (Phi) is 24.1. The van der Waals surface area contributed by atoms with Gasteiger partial charge >= 0.3 is 5.97 Å². The molecule has 0 aromatic heterocycles. The number of hydrogen-bond acceptors (Lipinski definition) is 8. The highest BCUT2D eigenvalue weighted by atomic mass is 31.2. The number of ether oxygens (including phenoxy) is 1. The minimum atomic E-state index is -4.36. The fraction of sp³-hybridized carbons (Fsp3) is 0.903. The molecule has 0 bridgehead atoms. The van der Waals surface area contributed by atoms with Crippen LogP contribution in [0.15, 0.2) is 12.2 Å². The molecule has 10 heteroatoms. The van der Waals surface area contributed by atoms with Gasteiger partial charge in [-0.05, 0) is 39.0 Å². The van der Waals surface area contributed by atoms with E-state index in [1.165, 1.54) is 77.6 Å². The van der Waals surface area contributed by atoms with Crippen molar-refractivity contribution in [3.63, 3.8) is 0 Å². The Morgan fingerprint density at radius 2 is 1.32 bits per heavy atom. The number of quaternary nitrogens is 1. The van der Waals surface area contributed by atoms with Crippen LogP contribution in [0.3, 0.4) is 0 Å². The van der Waals surface area contributed by atoms with Crippen molar-refractivity contribution in [2.75, 3.05) is 33.9 Å². The second-order valence-corrected chi connectivity index (χ2v) is 14.1. The molecular formula is C31H62NO8P. The van der Waals surface area contributed by atoms with Gasteiger partial charge in [0.15, 0.2) is 13.9 Å². The van der Waals surface area contributed by atoms with Crippen molar-refractivity contribution in [1.29, 1.82) is 0 Å². The Morgan fingerprint density at radius 3 is 1.83 bits per heavy atom. The number of allylic oxidation sites excluding steroid dienone is 2. The summed E-state index contributed by atoms with van der Waals surface area (Å²) in [5, 5.41) is 28.1. The summed E-state index contributed by atoms with van der Waals surface area (Å²) in [5.74, 6) is -1.37. The summed E-state index contributed by atoms with van der Waals surface area (Å²) in [6.45, 7) is 3.11. The van der Waals surface area contributed by atoms with Crippen molar-refractivity contribution in [3.8, 4) is 0 Å². The van der Waals surface area contributed by atoms with Crippen LogP contribution >= 0.6 is 7.60 Å². The van der Waals surface area contributed by atoms with Crippen LogP contribution < -0.4 is 4.89 Å². The lowest BCUT2D eigenvalue weighted by Gasteiger charge is -2.42. The Balaban J connectivity index is 3.75. The number of carbonyl (C=O) groups excluding carboxylic acids is 1. The van der Waals surface area contributed by atoms with E-state index in [1.807, 2.05) is 0 Å². The number of hydrogen-bond donors (Lipinski definition) is 3. The summed E-state index contributed by atoms with van der Waals surface area (Å²) in [4.78, 5) is 24.4. The second-order valence-electron chi connectivity index (χ2n) is 12.0. The molecule has 0 aliphatic rings. The van der Waals surface area contributed by atoms with Gasteiger partial charge in [0.25, 0.3) is 0 Å². The van der Waals surface area contributed by atoms with E-state index in [2.05, 4.69) is 19.1 Å². The third-order valence-electron chi connectivity index (χ3n) is 7.71. The maximum atomic E-state index is 12.5. The van der Waals surface area contributed by atoms with Gasteiger partial charge in [0.1, 0.15) is 18.5 Å². The summed E-state index contributed by atoms with van der Waals surface area (Å²) >= 11 is 0. The molecule has 0 spiro atoms. The monoisotopic (exact) mass is 607 g/mol. The number of rotatable bonds is 28. The zero-order valence-electron chi connectivity index (χ0n) is 26.5. The van der Waals surface area contributed by atoms with Gasteiger partial charge in [-0.15, -0.1) is 0 Å². The SMILES string of the molecule is CCCCCCCCCC/C=C\CCCCCCCCC(=O)OC[C@@H](O)COP(=O)([O-])C(C)[N+](C)(C)CCC(O)O. The number of nitrogens with zero attached hydrogens (tertiary/aromatic N) is 1. The summed E-state index contributed by atoms with van der Waals surface area (Å²) < 4.78 is 22.5. The fourth-order valence-corrected chi connectivity index (χ4v) is 5.97. The van der Waals surface area contributed by atoms with Crippen molar-refractivity contribution in [1.82, 2.24) is 0 Å². The van der Waals surface area contributed by atoms with Crippen LogP contribution in [0.1, 0.15) is 129 Å². The van der Waals surface area contributed by atoms with Crippen molar-refractivity contribution in [2.24, 2.45) is 0 Å². The summed E-state index contributed by atoms with van der Waals surface area (Å²) in [5.41, 5.74) is 0. The first-order valence-electron chi connectivity index (χ1n) is 16.0. The Morgan fingerprint density at radius 1 is 0.829 bits per heavy atom. The van der Waals surface area contributed by atoms with Gasteiger partial charge < -0.3 is 38.5 Å². The second kappa shape index (κ2) is 24.6. The molecule has 244 valence electrons. The van der Waals surface area contributed by atoms with E-state index >= 15 is 0 Å². The van der Waals surface area contributed by atoms with Crippen molar-refractivity contribution >= 4 is 13.6 Å². The maximum absolute atomic E-state index is 12.5. The van der Waals surface area contributed by atoms with Crippen LogP contribution in [-0.2, 0) is 18.6 Å². The van der Waals surface area contributed by atoms with Gasteiger partial charge in [-0.25, -0.2) is 0 Å². The molecule has 0 saturated carbocycles. The predicted octanol–water partition coefficient (Wildman–Crippen LogP) is 5.79. The first-order valence-corrected chi connectivity index (χ1v) is 17.7. The molecule has 0 aromatic rings. The lowest BCUT2D eigenvalue weighted by Crippen LogP contribution is -2.50. The van der Waals surface area contributed by atoms with E-state index < -0.39 is 38.3 Å². The molecule has 0 aromatic carbocycles. The molecule has 2 unspecified atom stereocenters. The van der Waals surface area contributed by atoms with E-state index in [-0.39, 0.29) is 30.5 Å². The molecule has 41 heavy (non-hydrogen) atoms. The highest BCUT2D eigenvalue weighted by Crippen LogP contribution is 2.46. The third-order valence-corrected chi connectivity index (χ3v) is 9.76. The van der Waals surface area contributed by atoms with Gasteiger partial charge in [0, 0.05) is 12.8 Å². The molecule has 0 rings (SSSR count). The van der Waals surface area contributed by atoms with E-state index in [0.717, 1.165) is 32.1 Å². The lowest BCUT2D eigenvalue weighted by atomic mass is 10.1. The standard InChI is InChI=1S/C31H62NO8P/c1-5-6-7-8-9-10-11-12-13-14-15-16-17-18-19-20-21-22-23-31(36)39-26-29(33)27-40-41(37,38)28(2)32(3,4)25-24-30(34)35/h14-15,28-30,33-35H,5-13,16-27H2,1-4H3/b15-14-/t28?,29-/m1/s1. The first kappa shape index (κ1) is 40.2. The number of aliphatic hydroxyl groups is 3. The van der Waals surface area contributed by atoms with Crippen LogP contribution in [-0.4, -0.2) is 77.8 Å². The number of aliphatic hydroxyl groups excluding tert-OH is 2. The van der Waals surface area contributed by atoms with Crippen LogP contribution in [0.4, 0.5) is 0 Å². The number of carbonyl (C=O) groups is 1. The smallest absolute Gasteiger partial charge is 0.305 e. The van der Waals surface area contributed by atoms with Crippen molar-refractivity contribution < 1.29 is 43.3 Å². The largest absolute Gasteiger partial charge is 0.774 e. The fourth-order valence-electron chi connectivity index (χ4n) is 4.50.